The molecule has 1 fully saturated rings. The van der Waals surface area contributed by atoms with Crippen LogP contribution in [0.2, 0.25) is 0 Å². The maximum atomic E-state index is 12.9. The molecule has 0 radical (unpaired) electrons. The van der Waals surface area contributed by atoms with E-state index in [2.05, 4.69) is 26.0 Å². The molecule has 0 aliphatic carbocycles. The smallest absolute Gasteiger partial charge is 0.337 e. The number of rotatable bonds is 5. The molecule has 9 heteroatoms. The summed E-state index contributed by atoms with van der Waals surface area (Å²) in [5, 5.41) is 2.80. The molecule has 7 nitrogen and oxygen atoms in total. The number of piperidine rings is 1. The summed E-state index contributed by atoms with van der Waals surface area (Å²) in [5.41, 5.74) is 0.922. The van der Waals surface area contributed by atoms with E-state index in [1.54, 1.807) is 48.5 Å². The highest BCUT2D eigenvalue weighted by Crippen LogP contribution is 2.25. The van der Waals surface area contributed by atoms with Gasteiger partial charge in [0.2, 0.25) is 15.9 Å². The third kappa shape index (κ3) is 5.04. The zero-order valence-electron chi connectivity index (χ0n) is 15.8. The average Bonchev–Trinajstić information content (AvgIpc) is 2.74. The summed E-state index contributed by atoms with van der Waals surface area (Å²) < 4.78 is 32.6. The number of sulfonamides is 1. The highest BCUT2D eigenvalue weighted by molar-refractivity contribution is 9.10. The maximum absolute atomic E-state index is 12.9. The Balaban J connectivity index is 1.67. The molecule has 154 valence electrons. The number of amides is 1. The molecule has 2 aromatic rings. The Labute approximate surface area is 178 Å². The van der Waals surface area contributed by atoms with E-state index >= 15 is 0 Å². The quantitative estimate of drug-likeness (QED) is 0.662. The minimum atomic E-state index is -3.66. The number of carbonyl (C=O) groups excluding carboxylic acids is 2. The van der Waals surface area contributed by atoms with E-state index in [1.165, 1.54) is 11.4 Å². The van der Waals surface area contributed by atoms with E-state index in [-0.39, 0.29) is 17.3 Å². The van der Waals surface area contributed by atoms with Gasteiger partial charge in [-0.05, 0) is 61.4 Å². The standard InChI is InChI=1S/C20H21BrN2O5S/c1-28-20(25)14-4-8-17(9-5-14)22-19(24)15-3-2-12-23(13-15)29(26,27)18-10-6-16(21)7-11-18/h4-11,15H,2-3,12-13H2,1H3,(H,22,24). The highest BCUT2D eigenvalue weighted by Gasteiger charge is 2.33. The largest absolute Gasteiger partial charge is 0.465 e. The van der Waals surface area contributed by atoms with Gasteiger partial charge in [0.25, 0.3) is 0 Å². The van der Waals surface area contributed by atoms with Gasteiger partial charge in [-0.1, -0.05) is 15.9 Å². The van der Waals surface area contributed by atoms with Crippen LogP contribution in [0.3, 0.4) is 0 Å². The van der Waals surface area contributed by atoms with Gasteiger partial charge in [-0.25, -0.2) is 13.2 Å². The normalized spacial score (nSPS) is 17.5. The minimum absolute atomic E-state index is 0.129. The van der Waals surface area contributed by atoms with E-state index in [0.29, 0.717) is 30.6 Å². The second-order valence-corrected chi connectivity index (χ2v) is 9.57. The van der Waals surface area contributed by atoms with Crippen LogP contribution in [0.5, 0.6) is 0 Å². The second kappa shape index (κ2) is 9.06. The predicted octanol–water partition coefficient (Wildman–Crippen LogP) is 3.28. The molecule has 3 rings (SSSR count). The lowest BCUT2D eigenvalue weighted by Crippen LogP contribution is -2.43. The van der Waals surface area contributed by atoms with Gasteiger partial charge in [-0.2, -0.15) is 4.31 Å². The molecule has 0 aromatic heterocycles. The molecule has 1 aliphatic rings. The molecule has 1 heterocycles. The van der Waals surface area contributed by atoms with Gasteiger partial charge in [-0.3, -0.25) is 4.79 Å². The Morgan fingerprint density at radius 2 is 1.76 bits per heavy atom. The van der Waals surface area contributed by atoms with Crippen molar-refractivity contribution in [3.05, 3.63) is 58.6 Å². The van der Waals surface area contributed by atoms with Crippen molar-refractivity contribution in [1.82, 2.24) is 4.31 Å². The van der Waals surface area contributed by atoms with E-state index in [4.69, 9.17) is 0 Å². The SMILES string of the molecule is COC(=O)c1ccc(NC(=O)C2CCCN(S(=O)(=O)c3ccc(Br)cc3)C2)cc1. The molecule has 0 spiro atoms. The number of carbonyl (C=O) groups is 2. The van der Waals surface area contributed by atoms with E-state index < -0.39 is 21.9 Å². The van der Waals surface area contributed by atoms with Crippen LogP contribution in [-0.4, -0.2) is 44.8 Å². The molecule has 2 aromatic carbocycles. The Morgan fingerprint density at radius 3 is 2.38 bits per heavy atom. The Kier molecular flexibility index (Phi) is 6.71. The van der Waals surface area contributed by atoms with Crippen LogP contribution >= 0.6 is 15.9 Å². The lowest BCUT2D eigenvalue weighted by Gasteiger charge is -2.31. The predicted molar refractivity (Wildman–Crippen MR) is 112 cm³/mol. The fourth-order valence-electron chi connectivity index (χ4n) is 3.18. The van der Waals surface area contributed by atoms with Crippen LogP contribution < -0.4 is 5.32 Å². The van der Waals surface area contributed by atoms with Gasteiger partial charge in [0, 0.05) is 23.2 Å². The van der Waals surface area contributed by atoms with Crippen LogP contribution in [0.15, 0.2) is 57.9 Å². The molecular weight excluding hydrogens is 460 g/mol. The van der Waals surface area contributed by atoms with E-state index in [0.717, 1.165) is 4.47 Å². The Hall–Kier alpha value is -2.23. The van der Waals surface area contributed by atoms with Crippen molar-refractivity contribution in [2.75, 3.05) is 25.5 Å². The van der Waals surface area contributed by atoms with Crippen molar-refractivity contribution in [2.45, 2.75) is 17.7 Å². The van der Waals surface area contributed by atoms with Crippen molar-refractivity contribution in [2.24, 2.45) is 5.92 Å². The summed E-state index contributed by atoms with van der Waals surface area (Å²) in [6.07, 6.45) is 1.22. The third-order valence-electron chi connectivity index (χ3n) is 4.78. The molecule has 1 unspecified atom stereocenters. The maximum Gasteiger partial charge on any atom is 0.337 e. The fraction of sp³-hybridized carbons (Fsp3) is 0.300. The molecule has 1 saturated heterocycles. The van der Waals surface area contributed by atoms with Gasteiger partial charge in [0.1, 0.15) is 0 Å². The Bertz CT molecular complexity index is 991. The van der Waals surface area contributed by atoms with Crippen molar-refractivity contribution in [3.63, 3.8) is 0 Å². The summed E-state index contributed by atoms with van der Waals surface area (Å²) in [7, 11) is -2.35. The molecule has 1 atom stereocenters. The summed E-state index contributed by atoms with van der Waals surface area (Å²) >= 11 is 3.30. The van der Waals surface area contributed by atoms with Gasteiger partial charge in [-0.15, -0.1) is 0 Å². The summed E-state index contributed by atoms with van der Waals surface area (Å²) in [4.78, 5) is 24.4. The number of nitrogens with zero attached hydrogens (tertiary/aromatic N) is 1. The number of hydrogen-bond donors (Lipinski definition) is 1. The number of anilines is 1. The van der Waals surface area contributed by atoms with Crippen LogP contribution in [0.1, 0.15) is 23.2 Å². The van der Waals surface area contributed by atoms with Gasteiger partial charge in [0.05, 0.1) is 23.5 Å². The first-order valence-electron chi connectivity index (χ1n) is 9.06. The molecule has 0 bridgehead atoms. The lowest BCUT2D eigenvalue weighted by molar-refractivity contribution is -0.120. The number of nitrogens with one attached hydrogen (secondary N) is 1. The number of ether oxygens (including phenoxy) is 1. The first-order valence-corrected chi connectivity index (χ1v) is 11.3. The molecular formula is C20H21BrN2O5S. The van der Waals surface area contributed by atoms with Crippen molar-refractivity contribution in [1.29, 1.82) is 0 Å². The van der Waals surface area contributed by atoms with Crippen LogP contribution in [0.25, 0.3) is 0 Å². The topological polar surface area (TPSA) is 92.8 Å². The van der Waals surface area contributed by atoms with Crippen molar-refractivity contribution in [3.8, 4) is 0 Å². The van der Waals surface area contributed by atoms with Gasteiger partial charge < -0.3 is 10.1 Å². The number of benzene rings is 2. The van der Waals surface area contributed by atoms with Crippen LogP contribution in [-0.2, 0) is 19.6 Å². The molecule has 29 heavy (non-hydrogen) atoms. The molecule has 1 amide bonds. The summed E-state index contributed by atoms with van der Waals surface area (Å²) in [5.74, 6) is -1.15. The Morgan fingerprint density at radius 1 is 1.10 bits per heavy atom. The fourth-order valence-corrected chi connectivity index (χ4v) is 4.97. The van der Waals surface area contributed by atoms with Crippen LogP contribution in [0.4, 0.5) is 5.69 Å². The first kappa shape index (κ1) is 21.5. The highest BCUT2D eigenvalue weighted by atomic mass is 79.9. The molecule has 0 saturated carbocycles. The summed E-state index contributed by atoms with van der Waals surface area (Å²) in [6.45, 7) is 0.514. The summed E-state index contributed by atoms with van der Waals surface area (Å²) in [6, 6.07) is 12.8. The van der Waals surface area contributed by atoms with Gasteiger partial charge in [0.15, 0.2) is 0 Å². The van der Waals surface area contributed by atoms with Crippen LogP contribution in [0, 0.1) is 5.92 Å². The number of methoxy groups -OCH3 is 1. The van der Waals surface area contributed by atoms with Crippen molar-refractivity contribution >= 4 is 43.5 Å². The van der Waals surface area contributed by atoms with Crippen molar-refractivity contribution < 1.29 is 22.7 Å². The number of hydrogen-bond acceptors (Lipinski definition) is 5. The van der Waals surface area contributed by atoms with E-state index in [9.17, 15) is 18.0 Å². The molecule has 1 N–H and O–H groups in total. The minimum Gasteiger partial charge on any atom is -0.465 e. The number of halogens is 1. The lowest BCUT2D eigenvalue weighted by atomic mass is 9.98. The van der Waals surface area contributed by atoms with Gasteiger partial charge >= 0.3 is 5.97 Å². The average molecular weight is 481 g/mol. The monoisotopic (exact) mass is 480 g/mol. The second-order valence-electron chi connectivity index (χ2n) is 6.71. The first-order chi connectivity index (χ1) is 13.8. The third-order valence-corrected chi connectivity index (χ3v) is 7.19. The molecule has 1 aliphatic heterocycles. The number of esters is 1. The zero-order valence-corrected chi connectivity index (χ0v) is 18.2. The zero-order chi connectivity index (χ0) is 21.0. The van der Waals surface area contributed by atoms with E-state index in [1.807, 2.05) is 0 Å².